The van der Waals surface area contributed by atoms with Crippen molar-refractivity contribution in [1.82, 2.24) is 0 Å². The summed E-state index contributed by atoms with van der Waals surface area (Å²) >= 11 is 0. The Morgan fingerprint density at radius 3 is 2.43 bits per heavy atom. The zero-order valence-corrected chi connectivity index (χ0v) is 7.84. The van der Waals surface area contributed by atoms with E-state index in [1.165, 1.54) is 11.6 Å². The van der Waals surface area contributed by atoms with Crippen LogP contribution in [0.4, 0.5) is 0 Å². The maximum absolute atomic E-state index is 10.8. The molecule has 0 heterocycles. The molecule has 0 aliphatic heterocycles. The van der Waals surface area contributed by atoms with Gasteiger partial charge in [-0.1, -0.05) is 6.07 Å². The Hall–Kier alpha value is 0.130. The Balaban J connectivity index is 0.000000980. The summed E-state index contributed by atoms with van der Waals surface area (Å²) < 4.78 is 30.4. The first-order valence-corrected chi connectivity index (χ1v) is 5.61. The van der Waals surface area contributed by atoms with Gasteiger partial charge in [-0.05, 0) is 42.5 Å². The van der Waals surface area contributed by atoms with E-state index in [2.05, 4.69) is 0 Å². The van der Waals surface area contributed by atoms with Gasteiger partial charge < -0.3 is 0 Å². The van der Waals surface area contributed by atoms with Crippen LogP contribution < -0.4 is 0 Å². The zero-order valence-electron chi connectivity index (χ0n) is 7.03. The fraction of sp³-hybridized carbons (Fsp3) is 0.333. The molecule has 0 saturated carbocycles. The summed E-state index contributed by atoms with van der Waals surface area (Å²) in [7, 11) is -4.02. The van der Waals surface area contributed by atoms with Crippen molar-refractivity contribution < 1.29 is 13.0 Å². The van der Waals surface area contributed by atoms with Gasteiger partial charge in [-0.25, -0.2) is 0 Å². The second-order valence-corrected chi connectivity index (χ2v) is 4.68. The molecule has 1 aromatic rings. The van der Waals surface area contributed by atoms with Crippen molar-refractivity contribution >= 4 is 39.7 Å². The van der Waals surface area contributed by atoms with E-state index in [0.29, 0.717) is 0 Å². The Morgan fingerprint density at radius 2 is 1.79 bits per heavy atom. The summed E-state index contributed by atoms with van der Waals surface area (Å²) in [6.07, 6.45) is 3.00. The molecule has 3 nitrogen and oxygen atoms in total. The number of aryl methyl sites for hydroxylation is 2. The average molecular weight is 222 g/mol. The van der Waals surface area contributed by atoms with E-state index in [0.717, 1.165) is 24.8 Å². The van der Waals surface area contributed by atoms with Crippen LogP contribution in [0.1, 0.15) is 17.5 Å². The van der Waals surface area contributed by atoms with Crippen molar-refractivity contribution in [2.75, 3.05) is 0 Å². The van der Waals surface area contributed by atoms with Crippen LogP contribution in [-0.2, 0) is 23.0 Å². The van der Waals surface area contributed by atoms with E-state index in [1.807, 2.05) is 0 Å². The Kier molecular flexibility index (Phi) is 3.77. The zero-order chi connectivity index (χ0) is 9.47. The van der Waals surface area contributed by atoms with Crippen molar-refractivity contribution in [2.24, 2.45) is 0 Å². The molecule has 0 radical (unpaired) electrons. The topological polar surface area (TPSA) is 54.4 Å². The molecule has 72 valence electrons. The number of benzene rings is 1. The van der Waals surface area contributed by atoms with Gasteiger partial charge in [-0.2, -0.15) is 8.42 Å². The van der Waals surface area contributed by atoms with Gasteiger partial charge in [-0.3, -0.25) is 4.55 Å². The Labute approximate surface area is 106 Å². The van der Waals surface area contributed by atoms with Crippen molar-refractivity contribution in [2.45, 2.75) is 24.2 Å². The molecule has 0 bridgehead atoms. The molecule has 2 rings (SSSR count). The van der Waals surface area contributed by atoms with Gasteiger partial charge >= 0.3 is 29.6 Å². The van der Waals surface area contributed by atoms with Crippen LogP contribution in [0.3, 0.4) is 0 Å². The van der Waals surface area contributed by atoms with Gasteiger partial charge in [-0.15, -0.1) is 0 Å². The van der Waals surface area contributed by atoms with Crippen LogP contribution in [0.2, 0.25) is 0 Å². The summed E-state index contributed by atoms with van der Waals surface area (Å²) in [5.41, 5.74) is 2.25. The predicted molar refractivity (Wildman–Crippen MR) is 55.4 cm³/mol. The summed E-state index contributed by atoms with van der Waals surface area (Å²) in [4.78, 5) is 0.00755. The van der Waals surface area contributed by atoms with E-state index in [1.54, 1.807) is 12.1 Å². The van der Waals surface area contributed by atoms with Crippen LogP contribution in [0.25, 0.3) is 0 Å². The maximum atomic E-state index is 10.8. The molecule has 0 atom stereocenters. The third-order valence-electron chi connectivity index (χ3n) is 2.37. The molecule has 0 amide bonds. The van der Waals surface area contributed by atoms with Crippen molar-refractivity contribution in [1.29, 1.82) is 0 Å². The summed E-state index contributed by atoms with van der Waals surface area (Å²) in [5.74, 6) is 0. The molecule has 0 aromatic heterocycles. The van der Waals surface area contributed by atoms with Gasteiger partial charge in [0.2, 0.25) is 0 Å². The summed E-state index contributed by atoms with van der Waals surface area (Å²) in [6.45, 7) is 0. The molecule has 1 aromatic carbocycles. The van der Waals surface area contributed by atoms with Crippen LogP contribution >= 0.6 is 0 Å². The predicted octanol–water partition coefficient (Wildman–Crippen LogP) is 0.774. The fourth-order valence-corrected chi connectivity index (χ4v) is 2.24. The first kappa shape index (κ1) is 12.2. The van der Waals surface area contributed by atoms with Gasteiger partial charge in [0.15, 0.2) is 0 Å². The number of rotatable bonds is 1. The van der Waals surface area contributed by atoms with Gasteiger partial charge in [0.1, 0.15) is 0 Å². The van der Waals surface area contributed by atoms with Crippen LogP contribution in [0.5, 0.6) is 0 Å². The first-order chi connectivity index (χ1) is 6.07. The first-order valence-electron chi connectivity index (χ1n) is 4.17. The van der Waals surface area contributed by atoms with Crippen LogP contribution in [0, 0.1) is 0 Å². The summed E-state index contributed by atoms with van der Waals surface area (Å²) in [6, 6.07) is 4.81. The third-order valence-corrected chi connectivity index (χ3v) is 3.22. The van der Waals surface area contributed by atoms with Gasteiger partial charge in [0.05, 0.1) is 4.90 Å². The quantitative estimate of drug-likeness (QED) is 0.564. The molecule has 1 aliphatic rings. The molecule has 5 heteroatoms. The van der Waals surface area contributed by atoms with Crippen molar-refractivity contribution in [3.05, 3.63) is 29.3 Å². The Morgan fingerprint density at radius 1 is 1.14 bits per heavy atom. The second kappa shape index (κ2) is 4.33. The average Bonchev–Trinajstić information content (AvgIpc) is 2.47. The normalized spacial score (nSPS) is 14.6. The molecule has 0 spiro atoms. The number of hydrogen-bond acceptors (Lipinski definition) is 2. The van der Waals surface area contributed by atoms with Crippen LogP contribution in [-0.4, -0.2) is 42.5 Å². The van der Waals surface area contributed by atoms with Crippen molar-refractivity contribution in [3.63, 3.8) is 0 Å². The monoisotopic (exact) mass is 222 g/mol. The Bertz CT molecular complexity index is 439. The molecular formula is C9H11NaO3S. The van der Waals surface area contributed by atoms with Crippen LogP contribution in [0.15, 0.2) is 23.1 Å². The third kappa shape index (κ3) is 2.38. The molecule has 1 aliphatic carbocycles. The second-order valence-electron chi connectivity index (χ2n) is 3.26. The standard InChI is InChI=1S/C9H10O3S.Na.H/c10-13(11,12)9-5-4-7-2-1-3-8(7)6-9;;/h4-6H,1-3H2,(H,10,11,12);;. The molecule has 0 fully saturated rings. The van der Waals surface area contributed by atoms with Gasteiger partial charge in [0, 0.05) is 0 Å². The molecule has 14 heavy (non-hydrogen) atoms. The molecular weight excluding hydrogens is 211 g/mol. The van der Waals surface area contributed by atoms with E-state index in [-0.39, 0.29) is 34.5 Å². The molecule has 1 N–H and O–H groups in total. The SMILES string of the molecule is O=S(=O)(O)c1ccc2c(c1)CCC2.[NaH]. The molecule has 0 saturated heterocycles. The molecule has 0 unspecified atom stereocenters. The van der Waals surface area contributed by atoms with E-state index in [4.69, 9.17) is 4.55 Å². The van der Waals surface area contributed by atoms with E-state index in [9.17, 15) is 8.42 Å². The van der Waals surface area contributed by atoms with Crippen molar-refractivity contribution in [3.8, 4) is 0 Å². The summed E-state index contributed by atoms with van der Waals surface area (Å²) in [5, 5.41) is 0. The minimum absolute atomic E-state index is 0. The fourth-order valence-electron chi connectivity index (χ4n) is 1.71. The minimum atomic E-state index is -4.02. The van der Waals surface area contributed by atoms with E-state index >= 15 is 0 Å². The number of fused-ring (bicyclic) bond motifs is 1. The van der Waals surface area contributed by atoms with E-state index < -0.39 is 10.1 Å². The number of hydrogen-bond donors (Lipinski definition) is 1. The van der Waals surface area contributed by atoms with Gasteiger partial charge in [0.25, 0.3) is 10.1 Å².